The Morgan fingerprint density at radius 1 is 1.21 bits per heavy atom. The van der Waals surface area contributed by atoms with Crippen LogP contribution in [0.2, 0.25) is 0 Å². The lowest BCUT2D eigenvalue weighted by molar-refractivity contribution is -0.136. The number of rotatable bonds is 4. The molecular formula is C24H26N4O5. The summed E-state index contributed by atoms with van der Waals surface area (Å²) in [6, 6.07) is 8.38. The van der Waals surface area contributed by atoms with Gasteiger partial charge in [-0.2, -0.15) is 0 Å². The Morgan fingerprint density at radius 3 is 2.70 bits per heavy atom. The molecule has 0 aliphatic carbocycles. The SMILES string of the molecule is CC(C)(C)OC(=O)NCc1ccnc(-c2cccc3c2CN(C2CCC(=O)NC2=O)C3=O)c1. The number of carbonyl (C=O) groups excluding carboxylic acids is 4. The van der Waals surface area contributed by atoms with E-state index in [2.05, 4.69) is 15.6 Å². The molecule has 9 heteroatoms. The molecule has 2 N–H and O–H groups in total. The van der Waals surface area contributed by atoms with Crippen molar-refractivity contribution < 1.29 is 23.9 Å². The van der Waals surface area contributed by atoms with E-state index in [-0.39, 0.29) is 31.3 Å². The highest BCUT2D eigenvalue weighted by molar-refractivity contribution is 6.06. The van der Waals surface area contributed by atoms with Gasteiger partial charge in [-0.3, -0.25) is 24.7 Å². The summed E-state index contributed by atoms with van der Waals surface area (Å²) in [6.07, 6.45) is 1.66. The number of imide groups is 1. The van der Waals surface area contributed by atoms with Crippen LogP contribution in [0, 0.1) is 0 Å². The molecule has 9 nitrogen and oxygen atoms in total. The number of ether oxygens (including phenoxy) is 1. The first kappa shape index (κ1) is 22.4. The molecule has 0 spiro atoms. The Hall–Kier alpha value is -3.75. The number of aromatic nitrogens is 1. The first-order chi connectivity index (χ1) is 15.6. The van der Waals surface area contributed by atoms with Crippen molar-refractivity contribution in [2.75, 3.05) is 0 Å². The second kappa shape index (κ2) is 8.65. The third-order valence-corrected chi connectivity index (χ3v) is 5.52. The highest BCUT2D eigenvalue weighted by Gasteiger charge is 2.39. The molecule has 4 rings (SSSR count). The van der Waals surface area contributed by atoms with Crippen molar-refractivity contribution in [2.45, 2.75) is 58.3 Å². The predicted molar refractivity (Wildman–Crippen MR) is 119 cm³/mol. The zero-order valence-electron chi connectivity index (χ0n) is 18.8. The van der Waals surface area contributed by atoms with Crippen molar-refractivity contribution >= 4 is 23.8 Å². The van der Waals surface area contributed by atoms with Gasteiger partial charge in [-0.15, -0.1) is 0 Å². The molecule has 172 valence electrons. The average Bonchev–Trinajstić information content (AvgIpc) is 3.08. The number of alkyl carbamates (subject to hydrolysis) is 1. The number of amides is 4. The van der Waals surface area contributed by atoms with Gasteiger partial charge in [0, 0.05) is 36.8 Å². The number of benzene rings is 1. The third-order valence-electron chi connectivity index (χ3n) is 5.52. The van der Waals surface area contributed by atoms with Gasteiger partial charge in [0.05, 0.1) is 5.69 Å². The molecule has 1 fully saturated rings. The van der Waals surface area contributed by atoms with Gasteiger partial charge < -0.3 is 15.0 Å². The largest absolute Gasteiger partial charge is 0.444 e. The Bertz CT molecular complexity index is 1140. The minimum Gasteiger partial charge on any atom is -0.444 e. The van der Waals surface area contributed by atoms with Crippen LogP contribution in [0.1, 0.15) is 55.1 Å². The first-order valence-corrected chi connectivity index (χ1v) is 10.8. The fourth-order valence-corrected chi connectivity index (χ4v) is 4.05. The van der Waals surface area contributed by atoms with Crippen molar-refractivity contribution in [3.63, 3.8) is 0 Å². The van der Waals surface area contributed by atoms with Crippen molar-refractivity contribution in [3.8, 4) is 11.3 Å². The predicted octanol–water partition coefficient (Wildman–Crippen LogP) is 2.53. The Labute approximate surface area is 191 Å². The molecule has 0 saturated carbocycles. The molecule has 4 amide bonds. The Kier molecular flexibility index (Phi) is 5.88. The maximum atomic E-state index is 13.0. The van der Waals surface area contributed by atoms with E-state index in [1.165, 1.54) is 4.90 Å². The molecule has 33 heavy (non-hydrogen) atoms. The van der Waals surface area contributed by atoms with Crippen molar-refractivity contribution in [1.82, 2.24) is 20.5 Å². The number of piperidine rings is 1. The molecule has 2 aromatic rings. The lowest BCUT2D eigenvalue weighted by Crippen LogP contribution is -2.52. The van der Waals surface area contributed by atoms with Gasteiger partial charge in [0.1, 0.15) is 11.6 Å². The first-order valence-electron chi connectivity index (χ1n) is 10.8. The van der Waals surface area contributed by atoms with Crippen molar-refractivity contribution in [1.29, 1.82) is 0 Å². The number of nitrogens with one attached hydrogen (secondary N) is 2. The summed E-state index contributed by atoms with van der Waals surface area (Å²) in [5.41, 5.74) is 3.00. The normalized spacial score (nSPS) is 18.1. The van der Waals surface area contributed by atoms with Crippen LogP contribution in [-0.4, -0.2) is 45.3 Å². The zero-order valence-corrected chi connectivity index (χ0v) is 18.8. The smallest absolute Gasteiger partial charge is 0.407 e. The van der Waals surface area contributed by atoms with E-state index in [0.29, 0.717) is 17.7 Å². The zero-order chi connectivity index (χ0) is 23.8. The maximum Gasteiger partial charge on any atom is 0.407 e. The molecule has 2 aliphatic rings. The van der Waals surface area contributed by atoms with E-state index in [9.17, 15) is 19.2 Å². The lowest BCUT2D eigenvalue weighted by Gasteiger charge is -2.29. The topological polar surface area (TPSA) is 118 Å². The fourth-order valence-electron chi connectivity index (χ4n) is 4.05. The average molecular weight is 450 g/mol. The highest BCUT2D eigenvalue weighted by atomic mass is 16.6. The van der Waals surface area contributed by atoms with Crippen LogP contribution in [0.15, 0.2) is 36.5 Å². The Balaban J connectivity index is 1.54. The summed E-state index contributed by atoms with van der Waals surface area (Å²) in [4.78, 5) is 54.8. The van der Waals surface area contributed by atoms with Gasteiger partial charge >= 0.3 is 6.09 Å². The summed E-state index contributed by atoms with van der Waals surface area (Å²) in [5, 5.41) is 5.04. The molecule has 3 heterocycles. The number of fused-ring (bicyclic) bond motifs is 1. The Morgan fingerprint density at radius 2 is 1.97 bits per heavy atom. The van der Waals surface area contributed by atoms with Crippen LogP contribution in [0.4, 0.5) is 4.79 Å². The minimum absolute atomic E-state index is 0.206. The molecule has 1 aromatic heterocycles. The van der Waals surface area contributed by atoms with Crippen LogP contribution < -0.4 is 10.6 Å². The maximum absolute atomic E-state index is 13.0. The second-order valence-corrected chi connectivity index (χ2v) is 9.14. The van der Waals surface area contributed by atoms with E-state index in [0.717, 1.165) is 16.7 Å². The van der Waals surface area contributed by atoms with Crippen LogP contribution in [0.25, 0.3) is 11.3 Å². The number of pyridine rings is 1. The van der Waals surface area contributed by atoms with Crippen LogP contribution >= 0.6 is 0 Å². The van der Waals surface area contributed by atoms with E-state index in [1.54, 1.807) is 45.2 Å². The van der Waals surface area contributed by atoms with Gasteiger partial charge in [-0.1, -0.05) is 12.1 Å². The summed E-state index contributed by atoms with van der Waals surface area (Å²) >= 11 is 0. The second-order valence-electron chi connectivity index (χ2n) is 9.14. The van der Waals surface area contributed by atoms with Gasteiger partial charge in [0.25, 0.3) is 5.91 Å². The highest BCUT2D eigenvalue weighted by Crippen LogP contribution is 2.34. The fraction of sp³-hybridized carbons (Fsp3) is 0.375. The van der Waals surface area contributed by atoms with Crippen molar-refractivity contribution in [2.24, 2.45) is 0 Å². The van der Waals surface area contributed by atoms with Crippen molar-refractivity contribution in [3.05, 3.63) is 53.2 Å². The molecule has 0 bridgehead atoms. The molecule has 1 unspecified atom stereocenters. The number of hydrogen-bond acceptors (Lipinski definition) is 6. The van der Waals surface area contributed by atoms with Crippen LogP contribution in [0.5, 0.6) is 0 Å². The number of hydrogen-bond donors (Lipinski definition) is 2. The summed E-state index contributed by atoms with van der Waals surface area (Å²) in [5.74, 6) is -0.992. The number of carbonyl (C=O) groups is 4. The molecule has 2 aliphatic heterocycles. The quantitative estimate of drug-likeness (QED) is 0.692. The lowest BCUT2D eigenvalue weighted by atomic mass is 9.99. The standard InChI is InChI=1S/C24H26N4O5/c1-24(2,3)33-23(32)26-12-14-9-10-25-18(11-14)15-5-4-6-16-17(15)13-28(22(16)31)19-7-8-20(29)27-21(19)30/h4-6,9-11,19H,7-8,12-13H2,1-3H3,(H,26,32)(H,27,29,30). The summed E-state index contributed by atoms with van der Waals surface area (Å²) in [6.45, 7) is 5.92. The van der Waals surface area contributed by atoms with E-state index >= 15 is 0 Å². The van der Waals surface area contributed by atoms with E-state index in [1.807, 2.05) is 12.1 Å². The molecular weight excluding hydrogens is 424 g/mol. The van der Waals surface area contributed by atoms with Gasteiger partial charge in [0.2, 0.25) is 11.8 Å². The van der Waals surface area contributed by atoms with Crippen LogP contribution in [-0.2, 0) is 27.4 Å². The molecule has 1 atom stereocenters. The third kappa shape index (κ3) is 4.87. The van der Waals surface area contributed by atoms with E-state index in [4.69, 9.17) is 4.74 Å². The van der Waals surface area contributed by atoms with Crippen LogP contribution in [0.3, 0.4) is 0 Å². The molecule has 1 aromatic carbocycles. The van der Waals surface area contributed by atoms with Gasteiger partial charge in [0.15, 0.2) is 0 Å². The molecule has 0 radical (unpaired) electrons. The summed E-state index contributed by atoms with van der Waals surface area (Å²) < 4.78 is 5.27. The molecule has 1 saturated heterocycles. The number of nitrogens with zero attached hydrogens (tertiary/aromatic N) is 2. The summed E-state index contributed by atoms with van der Waals surface area (Å²) in [7, 11) is 0. The minimum atomic E-state index is -0.673. The van der Waals surface area contributed by atoms with E-state index < -0.39 is 23.6 Å². The van der Waals surface area contributed by atoms with Gasteiger partial charge in [-0.05, 0) is 56.5 Å². The van der Waals surface area contributed by atoms with Gasteiger partial charge in [-0.25, -0.2) is 4.79 Å². The monoisotopic (exact) mass is 450 g/mol.